The van der Waals surface area contributed by atoms with Gasteiger partial charge < -0.3 is 5.32 Å². The van der Waals surface area contributed by atoms with Gasteiger partial charge in [0.2, 0.25) is 15.9 Å². The first-order valence-corrected chi connectivity index (χ1v) is 9.94. The van der Waals surface area contributed by atoms with Crippen LogP contribution >= 0.6 is 0 Å². The van der Waals surface area contributed by atoms with Gasteiger partial charge in [-0.15, -0.1) is 0 Å². The molecule has 0 heterocycles. The second-order valence-electron chi connectivity index (χ2n) is 5.97. The van der Waals surface area contributed by atoms with Crippen LogP contribution in [0.4, 0.5) is 0 Å². The number of unbranched alkanes of at least 4 members (excludes halogenated alkanes) is 2. The summed E-state index contributed by atoms with van der Waals surface area (Å²) < 4.78 is 23.4. The van der Waals surface area contributed by atoms with Gasteiger partial charge in [-0.25, -0.2) is 13.6 Å². The highest BCUT2D eigenvalue weighted by atomic mass is 32.2. The predicted octanol–water partition coefficient (Wildman–Crippen LogP) is 2.85. The smallest absolute Gasteiger partial charge is 0.238 e. The largest absolute Gasteiger partial charge is 0.356 e. The Morgan fingerprint density at radius 3 is 2.36 bits per heavy atom. The van der Waals surface area contributed by atoms with E-state index in [1.54, 1.807) is 18.2 Å². The maximum Gasteiger partial charge on any atom is 0.238 e. The van der Waals surface area contributed by atoms with Gasteiger partial charge in [0, 0.05) is 12.1 Å². The van der Waals surface area contributed by atoms with Crippen LogP contribution in [0.3, 0.4) is 0 Å². The molecule has 0 aliphatic rings. The summed E-state index contributed by atoms with van der Waals surface area (Å²) in [5.74, 6) is -0.00575. The van der Waals surface area contributed by atoms with Crippen molar-refractivity contribution in [2.75, 3.05) is 6.54 Å². The van der Waals surface area contributed by atoms with Gasteiger partial charge in [-0.05, 0) is 23.6 Å². The van der Waals surface area contributed by atoms with Crippen molar-refractivity contribution < 1.29 is 13.2 Å². The second-order valence-corrected chi connectivity index (χ2v) is 7.50. The molecule has 0 bridgehead atoms. The molecule has 25 heavy (non-hydrogen) atoms. The van der Waals surface area contributed by atoms with Crippen molar-refractivity contribution in [3.63, 3.8) is 0 Å². The van der Waals surface area contributed by atoms with Gasteiger partial charge in [0.05, 0.1) is 11.3 Å². The number of hydrogen-bond donors (Lipinski definition) is 2. The number of primary sulfonamides is 1. The molecule has 3 N–H and O–H groups in total. The van der Waals surface area contributed by atoms with Crippen molar-refractivity contribution in [3.8, 4) is 11.1 Å². The topological polar surface area (TPSA) is 89.3 Å². The van der Waals surface area contributed by atoms with Crippen molar-refractivity contribution in [3.05, 3.63) is 54.1 Å². The first kappa shape index (κ1) is 19.1. The zero-order valence-corrected chi connectivity index (χ0v) is 15.2. The molecule has 0 aliphatic carbocycles. The van der Waals surface area contributed by atoms with Crippen LogP contribution < -0.4 is 10.5 Å². The quantitative estimate of drug-likeness (QED) is 0.709. The van der Waals surface area contributed by atoms with E-state index in [9.17, 15) is 13.2 Å². The Balaban J connectivity index is 2.07. The normalized spacial score (nSPS) is 11.3. The Morgan fingerprint density at radius 2 is 1.72 bits per heavy atom. The molecular weight excluding hydrogens is 336 g/mol. The maximum atomic E-state index is 11.9. The fourth-order valence-electron chi connectivity index (χ4n) is 2.61. The summed E-state index contributed by atoms with van der Waals surface area (Å²) in [6, 6.07) is 13.9. The van der Waals surface area contributed by atoms with E-state index in [0.717, 1.165) is 30.4 Å². The molecule has 2 aromatic rings. The molecule has 0 saturated carbocycles. The van der Waals surface area contributed by atoms with Gasteiger partial charge in [-0.2, -0.15) is 0 Å². The summed E-state index contributed by atoms with van der Waals surface area (Å²) in [6.45, 7) is 2.82. The molecule has 0 aliphatic heterocycles. The first-order chi connectivity index (χ1) is 11.9. The van der Waals surface area contributed by atoms with Crippen LogP contribution in [-0.2, 0) is 21.2 Å². The van der Waals surface area contributed by atoms with Crippen molar-refractivity contribution in [2.45, 2.75) is 37.5 Å². The average Bonchev–Trinajstić information content (AvgIpc) is 2.59. The maximum absolute atomic E-state index is 11.9. The lowest BCUT2D eigenvalue weighted by Gasteiger charge is -2.09. The Hall–Kier alpha value is -2.18. The van der Waals surface area contributed by atoms with E-state index in [4.69, 9.17) is 5.14 Å². The van der Waals surface area contributed by atoms with Crippen LogP contribution in [0.2, 0.25) is 0 Å². The van der Waals surface area contributed by atoms with Gasteiger partial charge in [0.15, 0.2) is 0 Å². The number of nitrogens with two attached hydrogens (primary N) is 1. The van der Waals surface area contributed by atoms with Crippen molar-refractivity contribution in [2.24, 2.45) is 5.14 Å². The van der Waals surface area contributed by atoms with Crippen LogP contribution in [0.25, 0.3) is 11.1 Å². The second kappa shape index (κ2) is 8.78. The lowest BCUT2D eigenvalue weighted by molar-refractivity contribution is -0.120. The lowest BCUT2D eigenvalue weighted by atomic mass is 10.0. The van der Waals surface area contributed by atoms with Crippen molar-refractivity contribution in [1.82, 2.24) is 5.32 Å². The minimum absolute atomic E-state index is 0.00575. The van der Waals surface area contributed by atoms with E-state index in [1.807, 2.05) is 24.3 Å². The number of carbonyl (C=O) groups excluding carboxylic acids is 1. The fourth-order valence-corrected chi connectivity index (χ4v) is 3.37. The monoisotopic (exact) mass is 360 g/mol. The van der Waals surface area contributed by atoms with Crippen molar-refractivity contribution in [1.29, 1.82) is 0 Å². The zero-order chi connectivity index (χ0) is 18.3. The summed E-state index contributed by atoms with van der Waals surface area (Å²) in [7, 11) is -3.79. The van der Waals surface area contributed by atoms with E-state index in [-0.39, 0.29) is 10.8 Å². The standard InChI is InChI=1S/C19H24N2O3S/c1-2-3-6-13-21-19(22)14-15-9-11-16(12-10-15)17-7-4-5-8-18(17)25(20,23)24/h4-5,7-12H,2-3,6,13-14H2,1H3,(H,21,22)(H2,20,23,24). The predicted molar refractivity (Wildman–Crippen MR) is 99.5 cm³/mol. The molecule has 0 saturated heterocycles. The molecule has 2 rings (SSSR count). The summed E-state index contributed by atoms with van der Waals surface area (Å²) in [4.78, 5) is 12.0. The minimum Gasteiger partial charge on any atom is -0.356 e. The Morgan fingerprint density at radius 1 is 1.04 bits per heavy atom. The number of sulfonamides is 1. The third-order valence-electron chi connectivity index (χ3n) is 3.93. The molecule has 5 nitrogen and oxygen atoms in total. The highest BCUT2D eigenvalue weighted by molar-refractivity contribution is 7.89. The van der Waals surface area contributed by atoms with Gasteiger partial charge in [0.25, 0.3) is 0 Å². The zero-order valence-electron chi connectivity index (χ0n) is 14.4. The molecule has 6 heteroatoms. The number of rotatable bonds is 8. The summed E-state index contributed by atoms with van der Waals surface area (Å²) in [5, 5.41) is 8.18. The van der Waals surface area contributed by atoms with Crippen LogP contribution in [0, 0.1) is 0 Å². The molecule has 2 aromatic carbocycles. The van der Waals surface area contributed by atoms with Gasteiger partial charge in [0.1, 0.15) is 0 Å². The SMILES string of the molecule is CCCCCNC(=O)Cc1ccc(-c2ccccc2S(N)(=O)=O)cc1. The highest BCUT2D eigenvalue weighted by Gasteiger charge is 2.14. The van der Waals surface area contributed by atoms with E-state index < -0.39 is 10.0 Å². The van der Waals surface area contributed by atoms with E-state index in [1.165, 1.54) is 6.07 Å². The van der Waals surface area contributed by atoms with Crippen LogP contribution in [0.1, 0.15) is 31.7 Å². The molecule has 0 fully saturated rings. The molecule has 134 valence electrons. The summed E-state index contributed by atoms with van der Waals surface area (Å²) in [6.07, 6.45) is 3.53. The minimum atomic E-state index is -3.79. The van der Waals surface area contributed by atoms with Gasteiger partial charge in [-0.1, -0.05) is 62.2 Å². The molecule has 0 atom stereocenters. The summed E-state index contributed by atoms with van der Waals surface area (Å²) in [5.41, 5.74) is 2.18. The van der Waals surface area contributed by atoms with Crippen LogP contribution in [0.5, 0.6) is 0 Å². The number of carbonyl (C=O) groups is 1. The molecule has 0 spiro atoms. The van der Waals surface area contributed by atoms with Crippen molar-refractivity contribution >= 4 is 15.9 Å². The molecule has 0 aromatic heterocycles. The Labute approximate surface area is 149 Å². The lowest BCUT2D eigenvalue weighted by Crippen LogP contribution is -2.26. The highest BCUT2D eigenvalue weighted by Crippen LogP contribution is 2.26. The fraction of sp³-hybridized carbons (Fsp3) is 0.316. The van der Waals surface area contributed by atoms with Gasteiger partial charge >= 0.3 is 0 Å². The first-order valence-electron chi connectivity index (χ1n) is 8.39. The van der Waals surface area contributed by atoms with E-state index >= 15 is 0 Å². The number of nitrogens with one attached hydrogen (secondary N) is 1. The van der Waals surface area contributed by atoms with E-state index in [2.05, 4.69) is 12.2 Å². The molecule has 0 unspecified atom stereocenters. The molecule has 0 radical (unpaired) electrons. The van der Waals surface area contributed by atoms with Crippen LogP contribution in [0.15, 0.2) is 53.4 Å². The van der Waals surface area contributed by atoms with Gasteiger partial charge in [-0.3, -0.25) is 4.79 Å². The molecule has 1 amide bonds. The average molecular weight is 360 g/mol. The van der Waals surface area contributed by atoms with Crippen LogP contribution in [-0.4, -0.2) is 20.9 Å². The number of hydrogen-bond acceptors (Lipinski definition) is 3. The third-order valence-corrected chi connectivity index (χ3v) is 4.89. The van der Waals surface area contributed by atoms with E-state index in [0.29, 0.717) is 18.5 Å². The Bertz CT molecular complexity index is 815. The molecular formula is C19H24N2O3S. The number of amides is 1. The number of benzene rings is 2. The Kier molecular flexibility index (Phi) is 6.73. The summed E-state index contributed by atoms with van der Waals surface area (Å²) >= 11 is 0. The third kappa shape index (κ3) is 5.69.